The van der Waals surface area contributed by atoms with Crippen molar-refractivity contribution < 1.29 is 9.47 Å². The van der Waals surface area contributed by atoms with Crippen LogP contribution in [0.25, 0.3) is 0 Å². The fraction of sp³-hybridized carbons (Fsp3) is 0.500. The Kier molecular flexibility index (Phi) is 3.17. The van der Waals surface area contributed by atoms with Crippen molar-refractivity contribution in [2.45, 2.75) is 19.4 Å². The number of aryl methyl sites for hydroxylation is 1. The Morgan fingerprint density at radius 3 is 2.93 bits per heavy atom. The lowest BCUT2D eigenvalue weighted by Crippen LogP contribution is -2.05. The molecule has 0 saturated carbocycles. The number of benzene rings is 1. The minimum absolute atomic E-state index is 0.381. The van der Waals surface area contributed by atoms with Crippen molar-refractivity contribution in [1.29, 1.82) is 0 Å². The van der Waals surface area contributed by atoms with Crippen molar-refractivity contribution in [1.82, 2.24) is 0 Å². The van der Waals surface area contributed by atoms with Crippen molar-refractivity contribution in [3.63, 3.8) is 0 Å². The molecule has 0 amide bonds. The molecule has 0 radical (unpaired) electrons. The van der Waals surface area contributed by atoms with Crippen molar-refractivity contribution in [3.8, 4) is 0 Å². The Morgan fingerprint density at radius 1 is 1.43 bits per heavy atom. The van der Waals surface area contributed by atoms with E-state index in [-0.39, 0.29) is 0 Å². The Labute approximate surface area is 84.8 Å². The zero-order chi connectivity index (χ0) is 9.80. The first-order valence-corrected chi connectivity index (χ1v) is 5.10. The van der Waals surface area contributed by atoms with Crippen molar-refractivity contribution in [2.75, 3.05) is 19.8 Å². The highest BCUT2D eigenvalue weighted by atomic mass is 16.6. The summed E-state index contributed by atoms with van der Waals surface area (Å²) in [4.78, 5) is 0. The van der Waals surface area contributed by atoms with Gasteiger partial charge in [-0.3, -0.25) is 0 Å². The number of epoxide rings is 1. The summed E-state index contributed by atoms with van der Waals surface area (Å²) in [5, 5.41) is 0. The van der Waals surface area contributed by atoms with E-state index in [1.165, 1.54) is 11.1 Å². The average Bonchev–Trinajstić information content (AvgIpc) is 2.99. The first kappa shape index (κ1) is 9.69. The number of rotatable bonds is 5. The molecule has 0 aromatic heterocycles. The molecule has 0 bridgehead atoms. The standard InChI is InChI=1S/C12H16O2/c1-10-4-2-3-5-11(10)6-7-13-8-12-9-14-12/h2-5,12H,6-9H2,1H3/t12-/m0/s1. The van der Waals surface area contributed by atoms with E-state index in [0.29, 0.717) is 6.10 Å². The molecule has 2 rings (SSSR count). The molecule has 1 fully saturated rings. The number of hydrogen-bond donors (Lipinski definition) is 0. The Balaban J connectivity index is 1.71. The van der Waals surface area contributed by atoms with E-state index in [1.54, 1.807) is 0 Å². The molecule has 0 unspecified atom stereocenters. The molecule has 2 nitrogen and oxygen atoms in total. The summed E-state index contributed by atoms with van der Waals surface area (Å²) in [6.07, 6.45) is 1.38. The van der Waals surface area contributed by atoms with E-state index in [4.69, 9.17) is 9.47 Å². The fourth-order valence-corrected chi connectivity index (χ4v) is 1.45. The molecule has 1 aliphatic rings. The molecule has 2 heteroatoms. The first-order valence-electron chi connectivity index (χ1n) is 5.10. The quantitative estimate of drug-likeness (QED) is 0.525. The van der Waals surface area contributed by atoms with Crippen LogP contribution in [0.1, 0.15) is 11.1 Å². The SMILES string of the molecule is Cc1ccccc1CCOC[C@H]1CO1. The fourth-order valence-electron chi connectivity index (χ4n) is 1.45. The van der Waals surface area contributed by atoms with E-state index < -0.39 is 0 Å². The lowest BCUT2D eigenvalue weighted by molar-refractivity contribution is 0.119. The molecule has 1 heterocycles. The molecule has 1 saturated heterocycles. The molecule has 0 spiro atoms. The highest BCUT2D eigenvalue weighted by Gasteiger charge is 2.21. The minimum atomic E-state index is 0.381. The molecule has 76 valence electrons. The van der Waals surface area contributed by atoms with Gasteiger partial charge in [-0.2, -0.15) is 0 Å². The Hall–Kier alpha value is -0.860. The smallest absolute Gasteiger partial charge is 0.104 e. The maximum Gasteiger partial charge on any atom is 0.104 e. The van der Waals surface area contributed by atoms with E-state index in [1.807, 2.05) is 0 Å². The third-order valence-corrected chi connectivity index (χ3v) is 2.48. The zero-order valence-electron chi connectivity index (χ0n) is 8.53. The van der Waals surface area contributed by atoms with Crippen LogP contribution >= 0.6 is 0 Å². The summed E-state index contributed by atoms with van der Waals surface area (Å²) in [7, 11) is 0. The van der Waals surface area contributed by atoms with Gasteiger partial charge in [0.1, 0.15) is 6.10 Å². The van der Waals surface area contributed by atoms with E-state index >= 15 is 0 Å². The predicted molar refractivity (Wildman–Crippen MR) is 55.4 cm³/mol. The summed E-state index contributed by atoms with van der Waals surface area (Å²) in [5.74, 6) is 0. The molecular weight excluding hydrogens is 176 g/mol. The molecular formula is C12H16O2. The summed E-state index contributed by atoms with van der Waals surface area (Å²) < 4.78 is 10.6. The van der Waals surface area contributed by atoms with Crippen molar-refractivity contribution in [3.05, 3.63) is 35.4 Å². The van der Waals surface area contributed by atoms with Gasteiger partial charge in [-0.15, -0.1) is 0 Å². The molecule has 1 aliphatic heterocycles. The van der Waals surface area contributed by atoms with Crippen LogP contribution in [0.5, 0.6) is 0 Å². The normalized spacial score (nSPS) is 19.6. The molecule has 1 aromatic rings. The lowest BCUT2D eigenvalue weighted by atomic mass is 10.1. The summed E-state index contributed by atoms with van der Waals surface area (Å²) in [6, 6.07) is 8.44. The molecule has 1 atom stereocenters. The Bertz CT molecular complexity index is 292. The van der Waals surface area contributed by atoms with Crippen LogP contribution in [-0.4, -0.2) is 25.9 Å². The summed E-state index contributed by atoms with van der Waals surface area (Å²) in [5.41, 5.74) is 2.72. The predicted octanol–water partition coefficient (Wildman–Crippen LogP) is 1.95. The third-order valence-electron chi connectivity index (χ3n) is 2.48. The van der Waals surface area contributed by atoms with Crippen LogP contribution in [0.3, 0.4) is 0 Å². The van der Waals surface area contributed by atoms with Gasteiger partial charge in [0.15, 0.2) is 0 Å². The molecule has 0 N–H and O–H groups in total. The average molecular weight is 192 g/mol. The van der Waals surface area contributed by atoms with Gasteiger partial charge in [0.2, 0.25) is 0 Å². The highest BCUT2D eigenvalue weighted by molar-refractivity contribution is 5.25. The maximum absolute atomic E-state index is 5.49. The van der Waals surface area contributed by atoms with E-state index in [0.717, 1.165) is 26.2 Å². The summed E-state index contributed by atoms with van der Waals surface area (Å²) in [6.45, 7) is 4.57. The second-order valence-corrected chi connectivity index (χ2v) is 3.71. The van der Waals surface area contributed by atoms with Crippen molar-refractivity contribution >= 4 is 0 Å². The topological polar surface area (TPSA) is 21.8 Å². The van der Waals surface area contributed by atoms with Gasteiger partial charge in [0.25, 0.3) is 0 Å². The van der Waals surface area contributed by atoms with Gasteiger partial charge in [0, 0.05) is 0 Å². The van der Waals surface area contributed by atoms with Gasteiger partial charge in [-0.05, 0) is 24.5 Å². The molecule has 1 aromatic carbocycles. The third kappa shape index (κ3) is 2.82. The van der Waals surface area contributed by atoms with E-state index in [2.05, 4.69) is 31.2 Å². The monoisotopic (exact) mass is 192 g/mol. The summed E-state index contributed by atoms with van der Waals surface area (Å²) >= 11 is 0. The zero-order valence-corrected chi connectivity index (χ0v) is 8.53. The minimum Gasteiger partial charge on any atom is -0.378 e. The van der Waals surface area contributed by atoms with Crippen LogP contribution in [0.15, 0.2) is 24.3 Å². The van der Waals surface area contributed by atoms with Crippen LogP contribution in [-0.2, 0) is 15.9 Å². The number of ether oxygens (including phenoxy) is 2. The largest absolute Gasteiger partial charge is 0.378 e. The van der Waals surface area contributed by atoms with Crippen LogP contribution in [0, 0.1) is 6.92 Å². The van der Waals surface area contributed by atoms with Crippen molar-refractivity contribution in [2.24, 2.45) is 0 Å². The maximum atomic E-state index is 5.49. The number of hydrogen-bond acceptors (Lipinski definition) is 2. The van der Waals surface area contributed by atoms with Gasteiger partial charge in [-0.1, -0.05) is 24.3 Å². The van der Waals surface area contributed by atoms with Crippen LogP contribution < -0.4 is 0 Å². The molecule has 0 aliphatic carbocycles. The van der Waals surface area contributed by atoms with Gasteiger partial charge in [0.05, 0.1) is 19.8 Å². The highest BCUT2D eigenvalue weighted by Crippen LogP contribution is 2.10. The van der Waals surface area contributed by atoms with Gasteiger partial charge >= 0.3 is 0 Å². The Morgan fingerprint density at radius 2 is 2.21 bits per heavy atom. The van der Waals surface area contributed by atoms with E-state index in [9.17, 15) is 0 Å². The second-order valence-electron chi connectivity index (χ2n) is 3.71. The lowest BCUT2D eigenvalue weighted by Gasteiger charge is -2.05. The molecule has 14 heavy (non-hydrogen) atoms. The van der Waals surface area contributed by atoms with Gasteiger partial charge in [-0.25, -0.2) is 0 Å². The van der Waals surface area contributed by atoms with Gasteiger partial charge < -0.3 is 9.47 Å². The van der Waals surface area contributed by atoms with Crippen LogP contribution in [0.2, 0.25) is 0 Å². The first-order chi connectivity index (χ1) is 6.86. The second kappa shape index (κ2) is 4.58. The van der Waals surface area contributed by atoms with Crippen LogP contribution in [0.4, 0.5) is 0 Å².